The van der Waals surface area contributed by atoms with Gasteiger partial charge in [0.25, 0.3) is 5.70 Å². The van der Waals surface area contributed by atoms with Crippen molar-refractivity contribution in [3.63, 3.8) is 0 Å². The SMILES string of the molecule is O=[N+]([O-])C1=C[SH](c2ccc(NC3=NCCN3)cc2)C=C1. The summed E-state index contributed by atoms with van der Waals surface area (Å²) in [4.78, 5) is 15.7. The second-order valence-corrected chi connectivity index (χ2v) is 6.25. The van der Waals surface area contributed by atoms with Crippen LogP contribution in [0.25, 0.3) is 0 Å². The molecule has 3 rings (SSSR count). The number of hydrogen-bond acceptors (Lipinski definition) is 5. The fourth-order valence-electron chi connectivity index (χ4n) is 1.99. The van der Waals surface area contributed by atoms with E-state index >= 15 is 0 Å². The molecule has 104 valence electrons. The molecule has 0 radical (unpaired) electrons. The lowest BCUT2D eigenvalue weighted by atomic mass is 10.3. The van der Waals surface area contributed by atoms with Gasteiger partial charge in [0.05, 0.1) is 11.5 Å². The quantitative estimate of drug-likeness (QED) is 0.452. The zero-order valence-corrected chi connectivity index (χ0v) is 11.5. The summed E-state index contributed by atoms with van der Waals surface area (Å²) < 4.78 is 0. The van der Waals surface area contributed by atoms with Crippen LogP contribution in [0, 0.1) is 10.1 Å². The lowest BCUT2D eigenvalue weighted by Crippen LogP contribution is -2.26. The van der Waals surface area contributed by atoms with E-state index in [9.17, 15) is 10.1 Å². The molecule has 1 aromatic rings. The van der Waals surface area contributed by atoms with Gasteiger partial charge in [-0.25, -0.2) is 0 Å². The van der Waals surface area contributed by atoms with E-state index in [-0.39, 0.29) is 10.6 Å². The fraction of sp³-hybridized carbons (Fsp3) is 0.154. The summed E-state index contributed by atoms with van der Waals surface area (Å²) in [5.41, 5.74) is 1.14. The minimum Gasteiger partial charge on any atom is -0.354 e. The van der Waals surface area contributed by atoms with Gasteiger partial charge in [-0.15, -0.1) is 0 Å². The molecule has 0 aromatic heterocycles. The molecule has 20 heavy (non-hydrogen) atoms. The van der Waals surface area contributed by atoms with E-state index in [1.807, 2.05) is 29.7 Å². The third-order valence-electron chi connectivity index (χ3n) is 2.99. The highest BCUT2D eigenvalue weighted by Crippen LogP contribution is 2.44. The highest BCUT2D eigenvalue weighted by Gasteiger charge is 2.16. The number of thiol groups is 1. The normalized spacial score (nSPS) is 22.1. The Hall–Kier alpha value is -2.28. The van der Waals surface area contributed by atoms with Crippen LogP contribution in [0.5, 0.6) is 0 Å². The van der Waals surface area contributed by atoms with Crippen LogP contribution in [0.2, 0.25) is 0 Å². The largest absolute Gasteiger partial charge is 0.354 e. The van der Waals surface area contributed by atoms with Crippen molar-refractivity contribution in [3.8, 4) is 0 Å². The summed E-state index contributed by atoms with van der Waals surface area (Å²) in [7, 11) is -0.698. The van der Waals surface area contributed by atoms with Crippen molar-refractivity contribution in [1.82, 2.24) is 5.32 Å². The topological polar surface area (TPSA) is 79.6 Å². The first kappa shape index (κ1) is 12.7. The Morgan fingerprint density at radius 1 is 1.35 bits per heavy atom. The molecule has 0 saturated carbocycles. The minimum atomic E-state index is -0.698. The van der Waals surface area contributed by atoms with Gasteiger partial charge < -0.3 is 10.6 Å². The van der Waals surface area contributed by atoms with Gasteiger partial charge in [0.1, 0.15) is 0 Å². The smallest absolute Gasteiger partial charge is 0.275 e. The number of allylic oxidation sites excluding steroid dienone is 1. The number of guanidine groups is 1. The van der Waals surface area contributed by atoms with Gasteiger partial charge >= 0.3 is 0 Å². The molecule has 7 heteroatoms. The van der Waals surface area contributed by atoms with Gasteiger partial charge in [-0.05, 0) is 34.6 Å². The van der Waals surface area contributed by atoms with Gasteiger partial charge in [0.2, 0.25) is 0 Å². The lowest BCUT2D eigenvalue weighted by Gasteiger charge is -2.11. The molecule has 0 fully saturated rings. The van der Waals surface area contributed by atoms with Crippen LogP contribution in [-0.2, 0) is 0 Å². The van der Waals surface area contributed by atoms with E-state index in [2.05, 4.69) is 15.6 Å². The van der Waals surface area contributed by atoms with Crippen LogP contribution in [0.15, 0.2) is 56.7 Å². The van der Waals surface area contributed by atoms with E-state index in [1.54, 1.807) is 11.5 Å². The summed E-state index contributed by atoms with van der Waals surface area (Å²) in [6.45, 7) is 1.66. The lowest BCUT2D eigenvalue weighted by molar-refractivity contribution is -0.418. The van der Waals surface area contributed by atoms with Crippen LogP contribution in [-0.4, -0.2) is 24.0 Å². The molecule has 0 aliphatic carbocycles. The van der Waals surface area contributed by atoms with Crippen molar-refractivity contribution >= 4 is 22.5 Å². The molecule has 2 N–H and O–H groups in total. The number of aliphatic imine (C=N–C) groups is 1. The molecule has 6 nitrogen and oxygen atoms in total. The van der Waals surface area contributed by atoms with E-state index < -0.39 is 10.9 Å². The molecule has 0 saturated heterocycles. The Morgan fingerprint density at radius 2 is 2.15 bits per heavy atom. The molecule has 0 amide bonds. The number of nitrogens with zero attached hydrogens (tertiary/aromatic N) is 2. The second kappa shape index (κ2) is 5.38. The van der Waals surface area contributed by atoms with Crippen molar-refractivity contribution < 1.29 is 4.92 Å². The van der Waals surface area contributed by atoms with E-state index in [4.69, 9.17) is 0 Å². The van der Waals surface area contributed by atoms with Crippen LogP contribution in [0.1, 0.15) is 0 Å². The molecule has 2 aliphatic heterocycles. The van der Waals surface area contributed by atoms with E-state index in [0.29, 0.717) is 0 Å². The first-order valence-electron chi connectivity index (χ1n) is 6.20. The summed E-state index contributed by atoms with van der Waals surface area (Å²) in [5.74, 6) is 0.791. The number of nitro groups is 1. The Morgan fingerprint density at radius 3 is 2.75 bits per heavy atom. The average molecular weight is 290 g/mol. The monoisotopic (exact) mass is 290 g/mol. The molecule has 1 aromatic carbocycles. The first-order chi connectivity index (χ1) is 9.72. The Kier molecular flexibility index (Phi) is 3.42. The number of rotatable bonds is 3. The van der Waals surface area contributed by atoms with Crippen LogP contribution in [0.3, 0.4) is 0 Å². The third-order valence-corrected chi connectivity index (χ3v) is 4.90. The third kappa shape index (κ3) is 2.67. The molecular formula is C13H14N4O2S. The van der Waals surface area contributed by atoms with Gasteiger partial charge in [-0.2, -0.15) is 10.9 Å². The zero-order chi connectivity index (χ0) is 13.9. The standard InChI is InChI=1S/C13H14N4O2S/c18-17(19)11-5-8-20(9-11)12-3-1-10(2-4-12)16-13-14-6-7-15-13/h1-5,8-9,20H,6-7H2,(H2,14,15,16). The second-order valence-electron chi connectivity index (χ2n) is 4.36. The van der Waals surface area contributed by atoms with Crippen LogP contribution >= 0.6 is 10.9 Å². The number of anilines is 1. The Balaban J connectivity index is 1.71. The van der Waals surface area contributed by atoms with Gasteiger partial charge in [-0.3, -0.25) is 15.1 Å². The van der Waals surface area contributed by atoms with Crippen LogP contribution < -0.4 is 10.6 Å². The van der Waals surface area contributed by atoms with Gasteiger partial charge in [0.15, 0.2) is 5.96 Å². The molecule has 0 bridgehead atoms. The maximum absolute atomic E-state index is 10.7. The Bertz CT molecular complexity index is 622. The van der Waals surface area contributed by atoms with E-state index in [0.717, 1.165) is 29.6 Å². The summed E-state index contributed by atoms with van der Waals surface area (Å²) in [6, 6.07) is 7.92. The highest BCUT2D eigenvalue weighted by atomic mass is 32.2. The van der Waals surface area contributed by atoms with Gasteiger partial charge in [0, 0.05) is 23.7 Å². The summed E-state index contributed by atoms with van der Waals surface area (Å²) in [6.07, 6.45) is 1.58. The fourth-order valence-corrected chi connectivity index (χ4v) is 3.67. The average Bonchev–Trinajstić information content (AvgIpc) is 3.10. The molecule has 1 unspecified atom stereocenters. The number of hydrogen-bond donors (Lipinski definition) is 3. The molecule has 1 atom stereocenters. The predicted molar refractivity (Wildman–Crippen MR) is 81.8 cm³/mol. The van der Waals surface area contributed by atoms with Crippen molar-refractivity contribution in [3.05, 3.63) is 57.0 Å². The predicted octanol–water partition coefficient (Wildman–Crippen LogP) is 2.06. The maximum Gasteiger partial charge on any atom is 0.275 e. The summed E-state index contributed by atoms with van der Waals surface area (Å²) in [5, 5.41) is 20.6. The molecule has 2 aliphatic rings. The first-order valence-corrected chi connectivity index (χ1v) is 7.68. The van der Waals surface area contributed by atoms with Crippen molar-refractivity contribution in [2.75, 3.05) is 18.4 Å². The van der Waals surface area contributed by atoms with Crippen molar-refractivity contribution in [2.24, 2.45) is 4.99 Å². The molecular weight excluding hydrogens is 276 g/mol. The van der Waals surface area contributed by atoms with Crippen molar-refractivity contribution in [1.29, 1.82) is 0 Å². The van der Waals surface area contributed by atoms with E-state index in [1.165, 1.54) is 0 Å². The molecule has 2 heterocycles. The zero-order valence-electron chi connectivity index (χ0n) is 10.6. The number of benzene rings is 1. The highest BCUT2D eigenvalue weighted by molar-refractivity contribution is 8.22. The minimum absolute atomic E-state index is 0.183. The van der Waals surface area contributed by atoms with Gasteiger partial charge in [-0.1, -0.05) is 0 Å². The van der Waals surface area contributed by atoms with Crippen LogP contribution in [0.4, 0.5) is 5.69 Å². The maximum atomic E-state index is 10.7. The van der Waals surface area contributed by atoms with Crippen molar-refractivity contribution in [2.45, 2.75) is 4.90 Å². The summed E-state index contributed by atoms with van der Waals surface area (Å²) >= 11 is 0. The Labute approximate surface area is 118 Å². The molecule has 0 spiro atoms. The number of nitrogens with one attached hydrogen (secondary N) is 2.